The van der Waals surface area contributed by atoms with E-state index in [9.17, 15) is 9.59 Å². The van der Waals surface area contributed by atoms with E-state index in [1.54, 1.807) is 24.3 Å². The van der Waals surface area contributed by atoms with E-state index in [0.29, 0.717) is 17.2 Å². The van der Waals surface area contributed by atoms with Crippen molar-refractivity contribution < 1.29 is 23.8 Å². The number of rotatable bonds is 7. The van der Waals surface area contributed by atoms with Crippen molar-refractivity contribution in [1.82, 2.24) is 0 Å². The third-order valence-corrected chi connectivity index (χ3v) is 3.48. The summed E-state index contributed by atoms with van der Waals surface area (Å²) in [4.78, 5) is 23.7. The average Bonchev–Trinajstić information content (AvgIpc) is 2.65. The summed E-state index contributed by atoms with van der Waals surface area (Å²) in [7, 11) is 3.03. The van der Waals surface area contributed by atoms with Crippen molar-refractivity contribution in [3.8, 4) is 11.5 Å². The van der Waals surface area contributed by atoms with Crippen LogP contribution in [0.5, 0.6) is 11.5 Å². The zero-order chi connectivity index (χ0) is 18.9. The molecule has 0 aliphatic heterocycles. The van der Waals surface area contributed by atoms with Gasteiger partial charge in [-0.3, -0.25) is 4.79 Å². The van der Waals surface area contributed by atoms with Gasteiger partial charge < -0.3 is 19.5 Å². The van der Waals surface area contributed by atoms with Crippen LogP contribution in [0.1, 0.15) is 11.1 Å². The molecule has 2 rings (SSSR count). The number of carbonyl (C=O) groups excluding carboxylic acids is 2. The number of anilines is 1. The number of carbonyl (C=O) groups is 2. The summed E-state index contributed by atoms with van der Waals surface area (Å²) in [5.74, 6) is -0.00921. The number of ether oxygens (including phenoxy) is 3. The largest absolute Gasteiger partial charge is 0.497 e. The molecule has 0 saturated carbocycles. The van der Waals surface area contributed by atoms with Crippen LogP contribution in [0.15, 0.2) is 48.5 Å². The average molecular weight is 355 g/mol. The Balaban J connectivity index is 1.87. The second-order valence-corrected chi connectivity index (χ2v) is 5.47. The first kappa shape index (κ1) is 19.1. The van der Waals surface area contributed by atoms with Gasteiger partial charge in [-0.05, 0) is 30.7 Å². The first-order valence-electron chi connectivity index (χ1n) is 7.95. The quantitative estimate of drug-likeness (QED) is 0.610. The molecule has 0 radical (unpaired) electrons. The Bertz CT molecular complexity index is 814. The lowest BCUT2D eigenvalue weighted by Crippen LogP contribution is -2.20. The summed E-state index contributed by atoms with van der Waals surface area (Å²) in [6, 6.07) is 12.7. The molecule has 136 valence electrons. The Morgan fingerprint density at radius 2 is 1.88 bits per heavy atom. The highest BCUT2D eigenvalue weighted by atomic mass is 16.5. The standard InChI is InChI=1S/C20H21NO5/c1-14-5-4-6-15(11-14)7-10-20(23)26-13-19(22)21-17-9-8-16(24-2)12-18(17)25-3/h4-12H,13H2,1-3H3,(H,21,22)/b10-7+. The van der Waals surface area contributed by atoms with Gasteiger partial charge in [-0.2, -0.15) is 0 Å². The summed E-state index contributed by atoms with van der Waals surface area (Å²) in [5, 5.41) is 2.63. The summed E-state index contributed by atoms with van der Waals surface area (Å²) < 4.78 is 15.2. The van der Waals surface area contributed by atoms with E-state index in [1.165, 1.54) is 20.3 Å². The summed E-state index contributed by atoms with van der Waals surface area (Å²) in [6.07, 6.45) is 2.93. The number of hydrogen-bond acceptors (Lipinski definition) is 5. The molecule has 0 fully saturated rings. The highest BCUT2D eigenvalue weighted by molar-refractivity contribution is 5.95. The van der Waals surface area contributed by atoms with Gasteiger partial charge in [-0.25, -0.2) is 4.79 Å². The molecular formula is C20H21NO5. The van der Waals surface area contributed by atoms with Crippen LogP contribution in [0.25, 0.3) is 6.08 Å². The van der Waals surface area contributed by atoms with Crippen LogP contribution < -0.4 is 14.8 Å². The second kappa shape index (κ2) is 9.27. The minimum absolute atomic E-state index is 0.397. The Hall–Kier alpha value is -3.28. The molecule has 0 aromatic heterocycles. The molecule has 0 heterocycles. The lowest BCUT2D eigenvalue weighted by molar-refractivity contribution is -0.142. The second-order valence-electron chi connectivity index (χ2n) is 5.47. The molecule has 0 atom stereocenters. The zero-order valence-electron chi connectivity index (χ0n) is 14.9. The molecule has 0 aliphatic rings. The highest BCUT2D eigenvalue weighted by Gasteiger charge is 2.10. The van der Waals surface area contributed by atoms with Crippen LogP contribution in [0, 0.1) is 6.92 Å². The molecule has 0 spiro atoms. The smallest absolute Gasteiger partial charge is 0.331 e. The van der Waals surface area contributed by atoms with Crippen LogP contribution in [-0.2, 0) is 14.3 Å². The van der Waals surface area contributed by atoms with Gasteiger partial charge in [0.05, 0.1) is 19.9 Å². The number of amides is 1. The molecule has 0 unspecified atom stereocenters. The van der Waals surface area contributed by atoms with Gasteiger partial charge in [0.25, 0.3) is 5.91 Å². The van der Waals surface area contributed by atoms with E-state index >= 15 is 0 Å². The molecule has 0 saturated heterocycles. The topological polar surface area (TPSA) is 73.9 Å². The molecule has 0 bridgehead atoms. The third-order valence-electron chi connectivity index (χ3n) is 3.48. The molecule has 6 heteroatoms. The first-order chi connectivity index (χ1) is 12.5. The van der Waals surface area contributed by atoms with Crippen LogP contribution in [0.3, 0.4) is 0 Å². The molecule has 2 aromatic rings. The van der Waals surface area contributed by atoms with E-state index in [-0.39, 0.29) is 0 Å². The van der Waals surface area contributed by atoms with Gasteiger partial charge in [0, 0.05) is 12.1 Å². The van der Waals surface area contributed by atoms with E-state index < -0.39 is 18.5 Å². The molecule has 2 aromatic carbocycles. The highest BCUT2D eigenvalue weighted by Crippen LogP contribution is 2.28. The zero-order valence-corrected chi connectivity index (χ0v) is 14.9. The van der Waals surface area contributed by atoms with E-state index in [1.807, 2.05) is 31.2 Å². The number of methoxy groups -OCH3 is 2. The van der Waals surface area contributed by atoms with Crippen molar-refractivity contribution in [2.24, 2.45) is 0 Å². The summed E-state index contributed by atoms with van der Waals surface area (Å²) in [6.45, 7) is 1.57. The van der Waals surface area contributed by atoms with Crippen LogP contribution in [-0.4, -0.2) is 32.7 Å². The lowest BCUT2D eigenvalue weighted by Gasteiger charge is -2.11. The Morgan fingerprint density at radius 3 is 2.58 bits per heavy atom. The van der Waals surface area contributed by atoms with Gasteiger partial charge in [-0.1, -0.05) is 29.8 Å². The van der Waals surface area contributed by atoms with E-state index in [2.05, 4.69) is 5.32 Å². The minimum Gasteiger partial charge on any atom is -0.497 e. The Labute approximate surface area is 152 Å². The predicted octanol–water partition coefficient (Wildman–Crippen LogP) is 3.21. The fraction of sp³-hybridized carbons (Fsp3) is 0.200. The number of aryl methyl sites for hydroxylation is 1. The number of hydrogen-bond donors (Lipinski definition) is 1. The Kier molecular flexibility index (Phi) is 6.79. The van der Waals surface area contributed by atoms with E-state index in [0.717, 1.165) is 11.1 Å². The maximum Gasteiger partial charge on any atom is 0.331 e. The van der Waals surface area contributed by atoms with Crippen molar-refractivity contribution in [2.75, 3.05) is 26.1 Å². The van der Waals surface area contributed by atoms with Crippen molar-refractivity contribution in [3.63, 3.8) is 0 Å². The molecule has 1 N–H and O–H groups in total. The summed E-state index contributed by atoms with van der Waals surface area (Å²) in [5.41, 5.74) is 2.44. The van der Waals surface area contributed by atoms with E-state index in [4.69, 9.17) is 14.2 Å². The fourth-order valence-electron chi connectivity index (χ4n) is 2.21. The Morgan fingerprint density at radius 1 is 1.08 bits per heavy atom. The van der Waals surface area contributed by atoms with Crippen LogP contribution >= 0.6 is 0 Å². The maximum absolute atomic E-state index is 12.0. The number of nitrogens with one attached hydrogen (secondary N) is 1. The minimum atomic E-state index is -0.594. The molecule has 0 aliphatic carbocycles. The van der Waals surface area contributed by atoms with Crippen molar-refractivity contribution in [1.29, 1.82) is 0 Å². The molecular weight excluding hydrogens is 334 g/mol. The van der Waals surface area contributed by atoms with Crippen molar-refractivity contribution >= 4 is 23.6 Å². The SMILES string of the molecule is COc1ccc(NC(=O)COC(=O)/C=C/c2cccc(C)c2)c(OC)c1. The molecule has 26 heavy (non-hydrogen) atoms. The number of benzene rings is 2. The van der Waals surface area contributed by atoms with Gasteiger partial charge in [-0.15, -0.1) is 0 Å². The van der Waals surface area contributed by atoms with Gasteiger partial charge in [0.2, 0.25) is 0 Å². The molecule has 1 amide bonds. The fourth-order valence-corrected chi connectivity index (χ4v) is 2.21. The summed E-state index contributed by atoms with van der Waals surface area (Å²) >= 11 is 0. The predicted molar refractivity (Wildman–Crippen MR) is 99.3 cm³/mol. The van der Waals surface area contributed by atoms with Crippen LogP contribution in [0.4, 0.5) is 5.69 Å². The maximum atomic E-state index is 12.0. The normalized spacial score (nSPS) is 10.4. The monoisotopic (exact) mass is 355 g/mol. The third kappa shape index (κ3) is 5.66. The van der Waals surface area contributed by atoms with Gasteiger partial charge >= 0.3 is 5.97 Å². The first-order valence-corrected chi connectivity index (χ1v) is 7.95. The number of esters is 1. The molecule has 6 nitrogen and oxygen atoms in total. The van der Waals surface area contributed by atoms with Gasteiger partial charge in [0.15, 0.2) is 6.61 Å². The van der Waals surface area contributed by atoms with Gasteiger partial charge in [0.1, 0.15) is 11.5 Å². The van der Waals surface area contributed by atoms with Crippen LogP contribution in [0.2, 0.25) is 0 Å². The van der Waals surface area contributed by atoms with Crippen molar-refractivity contribution in [3.05, 3.63) is 59.7 Å². The van der Waals surface area contributed by atoms with Crippen molar-refractivity contribution in [2.45, 2.75) is 6.92 Å². The lowest BCUT2D eigenvalue weighted by atomic mass is 10.1.